The second-order valence-corrected chi connectivity index (χ2v) is 8.04. The van der Waals surface area contributed by atoms with Crippen LogP contribution in [-0.2, 0) is 23.7 Å². The number of alkyl carbamates (subject to hydrolysis) is 1. The molecule has 0 aliphatic rings. The Morgan fingerprint density at radius 3 is 2.03 bits per heavy atom. The summed E-state index contributed by atoms with van der Waals surface area (Å²) in [6.07, 6.45) is 2.12. The molecular weight excluding hydrogens is 440 g/mol. The Bertz CT molecular complexity index is 713. The molecule has 1 aromatic carbocycles. The highest BCUT2D eigenvalue weighted by Gasteiger charge is 2.15. The molecule has 0 bridgehead atoms. The minimum Gasteiger partial charge on any atom is -0.491 e. The van der Waals surface area contributed by atoms with E-state index in [4.69, 9.17) is 23.7 Å². The summed E-state index contributed by atoms with van der Waals surface area (Å²) in [5.41, 5.74) is 0.817. The molecule has 0 saturated heterocycles. The van der Waals surface area contributed by atoms with Crippen LogP contribution < -0.4 is 15.4 Å². The molecule has 0 fully saturated rings. The van der Waals surface area contributed by atoms with Crippen LogP contribution in [0.1, 0.15) is 39.7 Å². The fraction of sp³-hybridized carbons (Fsp3) is 0.600. The van der Waals surface area contributed by atoms with Crippen LogP contribution in [0.15, 0.2) is 30.3 Å². The molecule has 0 spiro atoms. The van der Waals surface area contributed by atoms with Gasteiger partial charge in [0.1, 0.15) is 18.0 Å². The number of carbonyl (C=O) groups excluding carboxylic acids is 2. The van der Waals surface area contributed by atoms with Gasteiger partial charge in [-0.05, 0) is 59.0 Å². The van der Waals surface area contributed by atoms with Gasteiger partial charge in [-0.2, -0.15) is 0 Å². The summed E-state index contributed by atoms with van der Waals surface area (Å²) in [4.78, 5) is 23.3. The number of hydrogen-bond donors (Lipinski definition) is 2. The molecule has 0 aliphatic carbocycles. The van der Waals surface area contributed by atoms with Crippen molar-refractivity contribution in [2.45, 2.75) is 39.7 Å². The van der Waals surface area contributed by atoms with E-state index in [0.29, 0.717) is 50.9 Å². The molecule has 9 heteroatoms. The number of benzene rings is 1. The van der Waals surface area contributed by atoms with Gasteiger partial charge >= 0.3 is 12.1 Å². The SMILES string of the molecule is CC/C=C(\C(=O)OC)c1ccc(OCCOCCOCCNC(=O)OC(C)(C)C)cc1.CNC. The summed E-state index contributed by atoms with van der Waals surface area (Å²) in [5.74, 6) is 0.337. The van der Waals surface area contributed by atoms with E-state index >= 15 is 0 Å². The summed E-state index contributed by atoms with van der Waals surface area (Å²) in [6, 6.07) is 7.27. The summed E-state index contributed by atoms with van der Waals surface area (Å²) in [6.45, 7) is 9.82. The number of esters is 1. The second-order valence-electron chi connectivity index (χ2n) is 8.04. The quantitative estimate of drug-likeness (QED) is 0.250. The number of nitrogens with one attached hydrogen (secondary N) is 2. The molecule has 2 N–H and O–H groups in total. The van der Waals surface area contributed by atoms with Crippen LogP contribution in [0.4, 0.5) is 4.79 Å². The van der Waals surface area contributed by atoms with E-state index in [2.05, 4.69) is 10.6 Å². The van der Waals surface area contributed by atoms with E-state index in [1.165, 1.54) is 7.11 Å². The van der Waals surface area contributed by atoms with Crippen LogP contribution in [0.5, 0.6) is 5.75 Å². The average Bonchev–Trinajstić information content (AvgIpc) is 2.78. The smallest absolute Gasteiger partial charge is 0.407 e. The summed E-state index contributed by atoms with van der Waals surface area (Å²) >= 11 is 0. The first-order valence-electron chi connectivity index (χ1n) is 11.4. The second kappa shape index (κ2) is 18.8. The number of carbonyl (C=O) groups is 2. The lowest BCUT2D eigenvalue weighted by Crippen LogP contribution is -2.34. The Hall–Kier alpha value is -2.62. The van der Waals surface area contributed by atoms with Gasteiger partial charge in [-0.15, -0.1) is 0 Å². The lowest BCUT2D eigenvalue weighted by atomic mass is 10.0. The minimum absolute atomic E-state index is 0.355. The van der Waals surface area contributed by atoms with E-state index in [1.807, 2.05) is 72.1 Å². The first-order chi connectivity index (χ1) is 16.2. The van der Waals surface area contributed by atoms with Gasteiger partial charge in [-0.1, -0.05) is 25.1 Å². The maximum atomic E-state index is 11.8. The van der Waals surface area contributed by atoms with Crippen LogP contribution in [0.2, 0.25) is 0 Å². The number of amides is 1. The molecule has 0 unspecified atom stereocenters. The van der Waals surface area contributed by atoms with Crippen molar-refractivity contribution in [3.05, 3.63) is 35.9 Å². The maximum absolute atomic E-state index is 11.8. The molecule has 1 rings (SSSR count). The number of allylic oxidation sites excluding steroid dienone is 1. The summed E-state index contributed by atoms with van der Waals surface area (Å²) < 4.78 is 26.4. The molecule has 0 atom stereocenters. The molecule has 1 aromatic rings. The van der Waals surface area contributed by atoms with Crippen molar-refractivity contribution in [3.63, 3.8) is 0 Å². The van der Waals surface area contributed by atoms with Crippen molar-refractivity contribution in [1.29, 1.82) is 0 Å². The predicted molar refractivity (Wildman–Crippen MR) is 133 cm³/mol. The Kier molecular flexibility index (Phi) is 17.3. The monoisotopic (exact) mass is 482 g/mol. The first kappa shape index (κ1) is 31.4. The van der Waals surface area contributed by atoms with Crippen LogP contribution in [0, 0.1) is 0 Å². The Labute approximate surface area is 204 Å². The third-order valence-corrected chi connectivity index (χ3v) is 3.76. The molecule has 0 aliphatic heterocycles. The lowest BCUT2D eigenvalue weighted by Gasteiger charge is -2.19. The van der Waals surface area contributed by atoms with E-state index in [-0.39, 0.29) is 5.97 Å². The highest BCUT2D eigenvalue weighted by molar-refractivity contribution is 6.16. The zero-order valence-electron chi connectivity index (χ0n) is 21.7. The summed E-state index contributed by atoms with van der Waals surface area (Å²) in [5, 5.41) is 5.37. The number of hydrogen-bond acceptors (Lipinski definition) is 8. The van der Waals surface area contributed by atoms with E-state index in [0.717, 1.165) is 12.0 Å². The maximum Gasteiger partial charge on any atom is 0.407 e. The van der Waals surface area contributed by atoms with Gasteiger partial charge < -0.3 is 34.3 Å². The third kappa shape index (κ3) is 16.1. The van der Waals surface area contributed by atoms with Crippen LogP contribution >= 0.6 is 0 Å². The number of methoxy groups -OCH3 is 1. The Morgan fingerprint density at radius 1 is 0.941 bits per heavy atom. The molecule has 0 saturated carbocycles. The highest BCUT2D eigenvalue weighted by Crippen LogP contribution is 2.20. The van der Waals surface area contributed by atoms with Crippen LogP contribution in [0.3, 0.4) is 0 Å². The average molecular weight is 483 g/mol. The molecule has 0 radical (unpaired) electrons. The van der Waals surface area contributed by atoms with E-state index in [9.17, 15) is 9.59 Å². The Morgan fingerprint density at radius 2 is 1.50 bits per heavy atom. The van der Waals surface area contributed by atoms with Crippen molar-refractivity contribution in [2.24, 2.45) is 0 Å². The standard InChI is InChI=1S/C23H35NO7.C2H7N/c1-6-7-20(21(25)27-5)18-8-10-19(11-9-18)30-17-16-29-15-14-28-13-12-24-22(26)31-23(2,3)4;1-3-2/h7-11H,6,12-17H2,1-5H3,(H,24,26);3H,1-2H3/b20-7-;. The molecule has 194 valence electrons. The molecule has 34 heavy (non-hydrogen) atoms. The first-order valence-corrected chi connectivity index (χ1v) is 11.4. The van der Waals surface area contributed by atoms with Crippen LogP contribution in [0.25, 0.3) is 5.57 Å². The van der Waals surface area contributed by atoms with Gasteiger partial charge in [0.2, 0.25) is 0 Å². The van der Waals surface area contributed by atoms with Crippen molar-refractivity contribution in [3.8, 4) is 5.75 Å². The third-order valence-electron chi connectivity index (χ3n) is 3.76. The van der Waals surface area contributed by atoms with E-state index in [1.54, 1.807) is 0 Å². The van der Waals surface area contributed by atoms with Gasteiger partial charge in [0, 0.05) is 6.54 Å². The lowest BCUT2D eigenvalue weighted by molar-refractivity contribution is -0.133. The number of ether oxygens (including phenoxy) is 5. The minimum atomic E-state index is -0.513. The molecule has 0 heterocycles. The summed E-state index contributed by atoms with van der Waals surface area (Å²) in [7, 11) is 5.12. The van der Waals surface area contributed by atoms with Gasteiger partial charge in [-0.3, -0.25) is 0 Å². The van der Waals surface area contributed by atoms with Crippen LogP contribution in [-0.4, -0.2) is 78.4 Å². The fourth-order valence-corrected chi connectivity index (χ4v) is 2.44. The van der Waals surface area contributed by atoms with Gasteiger partial charge in [0.15, 0.2) is 0 Å². The van der Waals surface area contributed by atoms with Gasteiger partial charge in [0.25, 0.3) is 0 Å². The highest BCUT2D eigenvalue weighted by atomic mass is 16.6. The largest absolute Gasteiger partial charge is 0.491 e. The van der Waals surface area contributed by atoms with Crippen molar-refractivity contribution in [2.75, 3.05) is 60.8 Å². The van der Waals surface area contributed by atoms with Crippen molar-refractivity contribution >= 4 is 17.6 Å². The Balaban J connectivity index is 0.00000343. The molecular formula is C25H42N2O7. The fourth-order valence-electron chi connectivity index (χ4n) is 2.44. The zero-order valence-corrected chi connectivity index (χ0v) is 21.7. The van der Waals surface area contributed by atoms with Gasteiger partial charge in [-0.25, -0.2) is 9.59 Å². The zero-order chi connectivity index (χ0) is 25.8. The molecule has 0 aromatic heterocycles. The molecule has 1 amide bonds. The van der Waals surface area contributed by atoms with Crippen molar-refractivity contribution < 1.29 is 33.3 Å². The number of rotatable bonds is 13. The topological polar surface area (TPSA) is 104 Å². The van der Waals surface area contributed by atoms with E-state index < -0.39 is 11.7 Å². The van der Waals surface area contributed by atoms with Crippen molar-refractivity contribution in [1.82, 2.24) is 10.6 Å². The molecule has 9 nitrogen and oxygen atoms in total. The normalized spacial score (nSPS) is 11.2. The predicted octanol–water partition coefficient (Wildman–Crippen LogP) is 3.43. The van der Waals surface area contributed by atoms with Gasteiger partial charge in [0.05, 0.1) is 39.1 Å².